The van der Waals surface area contributed by atoms with Crippen LogP contribution in [-0.4, -0.2) is 23.8 Å². The quantitative estimate of drug-likeness (QED) is 0.472. The van der Waals surface area contributed by atoms with Gasteiger partial charge in [-0.25, -0.2) is 4.79 Å². The summed E-state index contributed by atoms with van der Waals surface area (Å²) in [5.41, 5.74) is 0. The molecule has 1 unspecified atom stereocenters. The summed E-state index contributed by atoms with van der Waals surface area (Å²) in [4.78, 5) is 20.9. The van der Waals surface area contributed by atoms with Crippen molar-refractivity contribution in [1.29, 1.82) is 0 Å². The molecule has 0 spiro atoms. The fraction of sp³-hybridized carbons (Fsp3) is 0.667. The van der Waals surface area contributed by atoms with E-state index in [2.05, 4.69) is 9.47 Å². The highest BCUT2D eigenvalue weighted by Gasteiger charge is 2.09. The Labute approximate surface area is 69.2 Å². The lowest BCUT2D eigenvalue weighted by Crippen LogP contribution is -2.17. The van der Waals surface area contributed by atoms with Gasteiger partial charge in [0.05, 0.1) is 0 Å². The monoisotopic (exact) mass is 178 g/mol. The van der Waals surface area contributed by atoms with E-state index in [9.17, 15) is 9.59 Å². The van der Waals surface area contributed by atoms with E-state index in [0.717, 1.165) is 11.8 Å². The van der Waals surface area contributed by atoms with Gasteiger partial charge in [-0.3, -0.25) is 4.79 Å². The Morgan fingerprint density at radius 1 is 1.36 bits per heavy atom. The number of carbonyl (C=O) groups excluding carboxylic acids is 2. The van der Waals surface area contributed by atoms with E-state index in [1.807, 2.05) is 0 Å². The minimum Gasteiger partial charge on any atom is -0.426 e. The molecule has 0 radical (unpaired) electrons. The Balaban J connectivity index is 3.60. The van der Waals surface area contributed by atoms with E-state index in [-0.39, 0.29) is 0 Å². The molecule has 0 aromatic carbocycles. The van der Waals surface area contributed by atoms with Gasteiger partial charge in [0.15, 0.2) is 0 Å². The van der Waals surface area contributed by atoms with E-state index >= 15 is 0 Å². The van der Waals surface area contributed by atoms with Crippen molar-refractivity contribution in [3.63, 3.8) is 0 Å². The maximum absolute atomic E-state index is 10.6. The van der Waals surface area contributed by atoms with E-state index in [1.54, 1.807) is 6.26 Å². The Bertz CT molecular complexity index is 157. The van der Waals surface area contributed by atoms with E-state index in [4.69, 9.17) is 0 Å². The van der Waals surface area contributed by atoms with Gasteiger partial charge < -0.3 is 9.47 Å². The number of rotatable bonds is 2. The van der Waals surface area contributed by atoms with Crippen LogP contribution in [0.5, 0.6) is 0 Å². The minimum absolute atomic E-state index is 0.459. The lowest BCUT2D eigenvalue weighted by Gasteiger charge is -2.10. The van der Waals surface area contributed by atoms with Crippen molar-refractivity contribution in [2.45, 2.75) is 20.1 Å². The van der Waals surface area contributed by atoms with Gasteiger partial charge in [-0.1, -0.05) is 0 Å². The zero-order valence-corrected chi connectivity index (χ0v) is 7.44. The van der Waals surface area contributed by atoms with Crippen molar-refractivity contribution < 1.29 is 19.1 Å². The Morgan fingerprint density at radius 3 is 2.27 bits per heavy atom. The molecule has 0 bridgehead atoms. The molecule has 0 aliphatic carbocycles. The summed E-state index contributed by atoms with van der Waals surface area (Å²) in [6.07, 6.45) is 0.787. The predicted octanol–water partition coefficient (Wildman–Crippen LogP) is 1.40. The molecule has 0 aromatic heterocycles. The van der Waals surface area contributed by atoms with Gasteiger partial charge in [0, 0.05) is 13.8 Å². The summed E-state index contributed by atoms with van der Waals surface area (Å²) < 4.78 is 9.12. The summed E-state index contributed by atoms with van der Waals surface area (Å²) in [6, 6.07) is 0. The molecule has 64 valence electrons. The third-order valence-corrected chi connectivity index (χ3v) is 1.19. The molecular weight excluding hydrogens is 168 g/mol. The molecule has 0 aliphatic heterocycles. The fourth-order valence-electron chi connectivity index (χ4n) is 0.441. The molecular formula is C6H10O4S. The molecule has 0 amide bonds. The van der Waals surface area contributed by atoms with Gasteiger partial charge in [-0.15, -0.1) is 0 Å². The molecule has 0 saturated heterocycles. The molecule has 0 N–H and O–H groups in total. The first-order valence-corrected chi connectivity index (χ1v) is 4.20. The van der Waals surface area contributed by atoms with Crippen LogP contribution in [0.4, 0.5) is 4.79 Å². The van der Waals surface area contributed by atoms with Crippen molar-refractivity contribution in [3.8, 4) is 0 Å². The summed E-state index contributed by atoms with van der Waals surface area (Å²) in [5, 5.41) is -0.459. The number of ether oxygens (including phenoxy) is 2. The van der Waals surface area contributed by atoms with Crippen LogP contribution in [0.25, 0.3) is 0 Å². The average molecular weight is 178 g/mol. The normalized spacial score (nSPS) is 11.9. The zero-order valence-electron chi connectivity index (χ0n) is 6.62. The van der Waals surface area contributed by atoms with Gasteiger partial charge in [-0.05, 0) is 18.0 Å². The largest absolute Gasteiger partial charge is 0.426 e. The number of thioether (sulfide) groups is 1. The molecule has 0 heterocycles. The van der Waals surface area contributed by atoms with Crippen molar-refractivity contribution in [2.75, 3.05) is 6.26 Å². The maximum Gasteiger partial charge on any atom is 0.370 e. The third-order valence-electron chi connectivity index (χ3n) is 0.761. The van der Waals surface area contributed by atoms with Crippen molar-refractivity contribution in [2.24, 2.45) is 0 Å². The lowest BCUT2D eigenvalue weighted by molar-refractivity contribution is -0.160. The Hall–Kier alpha value is -0.710. The van der Waals surface area contributed by atoms with Crippen LogP contribution < -0.4 is 0 Å². The standard InChI is InChI=1S/C6H10O4S/c1-4(7)9-5(2)10-6(8)11-3/h5H,1-3H3. The van der Waals surface area contributed by atoms with Crippen molar-refractivity contribution in [3.05, 3.63) is 0 Å². The highest BCUT2D eigenvalue weighted by Crippen LogP contribution is 2.03. The van der Waals surface area contributed by atoms with Crippen LogP contribution in [0.1, 0.15) is 13.8 Å². The topological polar surface area (TPSA) is 52.6 Å². The lowest BCUT2D eigenvalue weighted by atomic mass is 10.7. The molecule has 11 heavy (non-hydrogen) atoms. The van der Waals surface area contributed by atoms with Crippen LogP contribution in [0.2, 0.25) is 0 Å². The fourth-order valence-corrected chi connectivity index (χ4v) is 0.673. The molecule has 0 aliphatic rings. The highest BCUT2D eigenvalue weighted by atomic mass is 32.2. The summed E-state index contributed by atoms with van der Waals surface area (Å²) >= 11 is 0.928. The third kappa shape index (κ3) is 5.72. The number of hydrogen-bond donors (Lipinski definition) is 0. The van der Waals surface area contributed by atoms with Crippen molar-refractivity contribution in [1.82, 2.24) is 0 Å². The van der Waals surface area contributed by atoms with Crippen LogP contribution >= 0.6 is 11.8 Å². The van der Waals surface area contributed by atoms with Gasteiger partial charge >= 0.3 is 11.3 Å². The molecule has 0 rings (SSSR count). The molecule has 0 saturated carbocycles. The van der Waals surface area contributed by atoms with E-state index in [1.165, 1.54) is 13.8 Å². The van der Waals surface area contributed by atoms with Crippen LogP contribution in [0.3, 0.4) is 0 Å². The Morgan fingerprint density at radius 2 is 1.91 bits per heavy atom. The molecule has 0 fully saturated rings. The molecule has 0 aromatic rings. The first kappa shape index (κ1) is 10.3. The first-order valence-electron chi connectivity index (χ1n) is 2.98. The second-order valence-corrected chi connectivity index (χ2v) is 2.49. The summed E-state index contributed by atoms with van der Waals surface area (Å²) in [5.74, 6) is -0.466. The van der Waals surface area contributed by atoms with Gasteiger partial charge in [0.25, 0.3) is 0 Å². The average Bonchev–Trinajstić information content (AvgIpc) is 1.85. The summed E-state index contributed by atoms with van der Waals surface area (Å²) in [6.45, 7) is 2.74. The molecule has 5 heteroatoms. The zero-order chi connectivity index (χ0) is 8.85. The number of carbonyl (C=O) groups is 2. The number of hydrogen-bond acceptors (Lipinski definition) is 5. The smallest absolute Gasteiger partial charge is 0.370 e. The SMILES string of the molecule is CSC(=O)OC(C)OC(C)=O. The van der Waals surface area contributed by atoms with Crippen molar-refractivity contribution >= 4 is 23.0 Å². The minimum atomic E-state index is -0.799. The maximum atomic E-state index is 10.6. The van der Waals surface area contributed by atoms with E-state index < -0.39 is 17.6 Å². The molecule has 4 nitrogen and oxygen atoms in total. The van der Waals surface area contributed by atoms with E-state index in [0.29, 0.717) is 0 Å². The Kier molecular flexibility index (Phi) is 4.69. The highest BCUT2D eigenvalue weighted by molar-refractivity contribution is 8.12. The van der Waals surface area contributed by atoms with Crippen LogP contribution in [-0.2, 0) is 14.3 Å². The second-order valence-electron chi connectivity index (χ2n) is 1.75. The first-order chi connectivity index (χ1) is 5.06. The predicted molar refractivity (Wildman–Crippen MR) is 41.2 cm³/mol. The van der Waals surface area contributed by atoms with Crippen LogP contribution in [0.15, 0.2) is 0 Å². The van der Waals surface area contributed by atoms with Gasteiger partial charge in [0.2, 0.25) is 6.29 Å². The second kappa shape index (κ2) is 5.01. The molecule has 1 atom stereocenters. The summed E-state index contributed by atoms with van der Waals surface area (Å²) in [7, 11) is 0. The van der Waals surface area contributed by atoms with Gasteiger partial charge in [0.1, 0.15) is 0 Å². The van der Waals surface area contributed by atoms with Crippen LogP contribution in [0, 0.1) is 0 Å². The van der Waals surface area contributed by atoms with Gasteiger partial charge in [-0.2, -0.15) is 0 Å². The number of esters is 1.